The van der Waals surface area contributed by atoms with Gasteiger partial charge in [-0.15, -0.1) is 0 Å². The molecule has 0 aliphatic carbocycles. The normalized spacial score (nSPS) is 9.95. The average molecular weight is 268 g/mol. The van der Waals surface area contributed by atoms with E-state index in [4.69, 9.17) is 4.74 Å². The summed E-state index contributed by atoms with van der Waals surface area (Å²) in [6, 6.07) is 3.49. The van der Waals surface area contributed by atoms with E-state index in [0.717, 1.165) is 6.07 Å². The molecule has 7 nitrogen and oxygen atoms in total. The number of methoxy groups -OCH3 is 1. The Hall–Kier alpha value is -2.28. The van der Waals surface area contributed by atoms with Crippen molar-refractivity contribution in [2.24, 2.45) is 0 Å². The number of hydrogen-bond donors (Lipinski definition) is 4. The number of phenols is 2. The largest absolute Gasteiger partial charge is 0.508 e. The van der Waals surface area contributed by atoms with Crippen LogP contribution in [0.1, 0.15) is 10.4 Å². The number of carbonyl (C=O) groups excluding carboxylic acids is 2. The minimum Gasteiger partial charge on any atom is -0.508 e. The summed E-state index contributed by atoms with van der Waals surface area (Å²) in [5, 5.41) is 23.4. The van der Waals surface area contributed by atoms with E-state index < -0.39 is 5.91 Å². The van der Waals surface area contributed by atoms with Gasteiger partial charge in [-0.2, -0.15) is 0 Å². The summed E-state index contributed by atoms with van der Waals surface area (Å²) in [6.45, 7) is 0.553. The predicted octanol–water partition coefficient (Wildman–Crippen LogP) is -0.410. The first kappa shape index (κ1) is 14.8. The van der Waals surface area contributed by atoms with Crippen molar-refractivity contribution in [1.29, 1.82) is 0 Å². The number of aromatic hydroxyl groups is 2. The second kappa shape index (κ2) is 7.22. The van der Waals surface area contributed by atoms with Crippen molar-refractivity contribution in [1.82, 2.24) is 10.6 Å². The number of ether oxygens (including phenoxy) is 1. The molecule has 0 radical (unpaired) electrons. The van der Waals surface area contributed by atoms with E-state index in [9.17, 15) is 19.8 Å². The molecule has 1 rings (SSSR count). The average Bonchev–Trinajstić information content (AvgIpc) is 2.35. The van der Waals surface area contributed by atoms with E-state index in [0.29, 0.717) is 13.2 Å². The van der Waals surface area contributed by atoms with Gasteiger partial charge in [0, 0.05) is 25.3 Å². The molecule has 2 amide bonds. The minimum absolute atomic E-state index is 0.0715. The van der Waals surface area contributed by atoms with Gasteiger partial charge in [0.2, 0.25) is 5.91 Å². The van der Waals surface area contributed by atoms with E-state index in [2.05, 4.69) is 10.6 Å². The molecule has 0 aromatic heterocycles. The summed E-state index contributed by atoms with van der Waals surface area (Å²) in [7, 11) is 1.52. The molecule has 0 unspecified atom stereocenters. The Morgan fingerprint density at radius 3 is 2.37 bits per heavy atom. The molecule has 0 fully saturated rings. The van der Waals surface area contributed by atoms with Crippen molar-refractivity contribution >= 4 is 11.8 Å². The van der Waals surface area contributed by atoms with Crippen LogP contribution in [0.2, 0.25) is 0 Å². The molecular weight excluding hydrogens is 252 g/mol. The van der Waals surface area contributed by atoms with Crippen LogP contribution in [0.15, 0.2) is 18.2 Å². The van der Waals surface area contributed by atoms with Crippen LogP contribution < -0.4 is 10.6 Å². The first-order valence-electron chi connectivity index (χ1n) is 5.60. The van der Waals surface area contributed by atoms with Gasteiger partial charge < -0.3 is 25.6 Å². The molecule has 0 spiro atoms. The summed E-state index contributed by atoms with van der Waals surface area (Å²) < 4.78 is 4.76. The molecule has 1 aromatic carbocycles. The van der Waals surface area contributed by atoms with E-state index >= 15 is 0 Å². The van der Waals surface area contributed by atoms with Crippen LogP contribution in [-0.2, 0) is 9.53 Å². The molecule has 0 saturated carbocycles. The molecule has 0 saturated heterocycles. The van der Waals surface area contributed by atoms with Crippen LogP contribution in [0.3, 0.4) is 0 Å². The van der Waals surface area contributed by atoms with E-state index in [1.807, 2.05) is 0 Å². The number of benzene rings is 1. The lowest BCUT2D eigenvalue weighted by Gasteiger charge is -2.07. The molecule has 0 atom stereocenters. The van der Waals surface area contributed by atoms with Gasteiger partial charge in [-0.05, 0) is 12.1 Å². The fourth-order valence-corrected chi connectivity index (χ4v) is 1.34. The number of hydrogen-bond acceptors (Lipinski definition) is 5. The maximum Gasteiger partial charge on any atom is 0.251 e. The molecule has 0 aliphatic rings. The molecular formula is C12H16N2O5. The third-order valence-electron chi connectivity index (χ3n) is 2.20. The first-order valence-corrected chi connectivity index (χ1v) is 5.60. The summed E-state index contributed by atoms with van der Waals surface area (Å²) in [6.07, 6.45) is 0. The number of phenolic OH excluding ortho intramolecular Hbond substituents is 2. The van der Waals surface area contributed by atoms with Crippen LogP contribution in [0, 0.1) is 0 Å². The Kier molecular flexibility index (Phi) is 5.62. The lowest BCUT2D eigenvalue weighted by atomic mass is 10.2. The molecule has 0 aliphatic heterocycles. The molecule has 1 aromatic rings. The van der Waals surface area contributed by atoms with Gasteiger partial charge in [-0.1, -0.05) is 0 Å². The number of amides is 2. The van der Waals surface area contributed by atoms with Crippen LogP contribution in [0.5, 0.6) is 11.5 Å². The molecule has 7 heteroatoms. The fraction of sp³-hybridized carbons (Fsp3) is 0.333. The molecule has 0 bridgehead atoms. The second-order valence-corrected chi connectivity index (χ2v) is 3.76. The van der Waals surface area contributed by atoms with E-state index in [-0.39, 0.29) is 29.5 Å². The van der Waals surface area contributed by atoms with Crippen molar-refractivity contribution in [3.05, 3.63) is 23.8 Å². The molecule has 0 heterocycles. The molecule has 4 N–H and O–H groups in total. The van der Waals surface area contributed by atoms with E-state index in [1.165, 1.54) is 19.2 Å². The zero-order valence-electron chi connectivity index (χ0n) is 10.5. The van der Waals surface area contributed by atoms with Crippen LogP contribution in [-0.4, -0.2) is 48.8 Å². The first-order chi connectivity index (χ1) is 9.02. The summed E-state index contributed by atoms with van der Waals surface area (Å²) >= 11 is 0. The number of carbonyl (C=O) groups is 2. The Balaban J connectivity index is 2.44. The van der Waals surface area contributed by atoms with Gasteiger partial charge in [-0.3, -0.25) is 9.59 Å². The van der Waals surface area contributed by atoms with Crippen molar-refractivity contribution in [3.8, 4) is 11.5 Å². The fourth-order valence-electron chi connectivity index (χ4n) is 1.34. The smallest absolute Gasteiger partial charge is 0.251 e. The highest BCUT2D eigenvalue weighted by Crippen LogP contribution is 2.20. The van der Waals surface area contributed by atoms with Crippen molar-refractivity contribution in [2.45, 2.75) is 0 Å². The SMILES string of the molecule is COCCNC(=O)CNC(=O)c1cc(O)cc(O)c1. The third-order valence-corrected chi connectivity index (χ3v) is 2.20. The number of rotatable bonds is 6. The zero-order valence-corrected chi connectivity index (χ0v) is 10.5. The third kappa shape index (κ3) is 5.26. The highest BCUT2D eigenvalue weighted by molar-refractivity contribution is 5.97. The highest BCUT2D eigenvalue weighted by atomic mass is 16.5. The maximum atomic E-state index is 11.6. The Labute approximate surface area is 110 Å². The predicted molar refractivity (Wildman–Crippen MR) is 67.0 cm³/mol. The topological polar surface area (TPSA) is 108 Å². The molecule has 104 valence electrons. The van der Waals surface area contributed by atoms with Gasteiger partial charge in [0.15, 0.2) is 0 Å². The van der Waals surface area contributed by atoms with Crippen molar-refractivity contribution in [3.63, 3.8) is 0 Å². The van der Waals surface area contributed by atoms with Gasteiger partial charge in [0.05, 0.1) is 13.2 Å². The Bertz CT molecular complexity index is 441. The van der Waals surface area contributed by atoms with Crippen LogP contribution >= 0.6 is 0 Å². The lowest BCUT2D eigenvalue weighted by molar-refractivity contribution is -0.120. The Morgan fingerprint density at radius 2 is 1.79 bits per heavy atom. The van der Waals surface area contributed by atoms with Crippen LogP contribution in [0.4, 0.5) is 0 Å². The monoisotopic (exact) mass is 268 g/mol. The highest BCUT2D eigenvalue weighted by Gasteiger charge is 2.09. The van der Waals surface area contributed by atoms with E-state index in [1.54, 1.807) is 0 Å². The van der Waals surface area contributed by atoms with Gasteiger partial charge in [0.1, 0.15) is 11.5 Å². The summed E-state index contributed by atoms with van der Waals surface area (Å²) in [4.78, 5) is 23.0. The van der Waals surface area contributed by atoms with Crippen molar-refractivity contribution < 1.29 is 24.5 Å². The second-order valence-electron chi connectivity index (χ2n) is 3.76. The van der Waals surface area contributed by atoms with Gasteiger partial charge >= 0.3 is 0 Å². The molecule has 19 heavy (non-hydrogen) atoms. The van der Waals surface area contributed by atoms with Gasteiger partial charge in [0.25, 0.3) is 5.91 Å². The maximum absolute atomic E-state index is 11.6. The zero-order chi connectivity index (χ0) is 14.3. The van der Waals surface area contributed by atoms with Crippen molar-refractivity contribution in [2.75, 3.05) is 26.8 Å². The van der Waals surface area contributed by atoms with Gasteiger partial charge in [-0.25, -0.2) is 0 Å². The quantitative estimate of drug-likeness (QED) is 0.525. The summed E-state index contributed by atoms with van der Waals surface area (Å²) in [5.74, 6) is -1.37. The lowest BCUT2D eigenvalue weighted by Crippen LogP contribution is -2.38. The minimum atomic E-state index is -0.562. The Morgan fingerprint density at radius 1 is 1.16 bits per heavy atom. The summed E-state index contributed by atoms with van der Waals surface area (Å²) in [5.41, 5.74) is 0.0715. The van der Waals surface area contributed by atoms with Crippen LogP contribution in [0.25, 0.3) is 0 Å². The standard InChI is InChI=1S/C12H16N2O5/c1-19-3-2-13-11(17)7-14-12(18)8-4-9(15)6-10(16)5-8/h4-6,15-16H,2-3,7H2,1H3,(H,13,17)(H,14,18). The number of nitrogens with one attached hydrogen (secondary N) is 2.